The minimum Gasteiger partial charge on any atom is -0.375 e. The van der Waals surface area contributed by atoms with Crippen molar-refractivity contribution < 1.29 is 23.1 Å². The molecule has 0 saturated carbocycles. The minimum absolute atomic E-state index is 0.0224. The van der Waals surface area contributed by atoms with Crippen LogP contribution in [-0.2, 0) is 10.4 Å². The second kappa shape index (κ2) is 3.98. The average Bonchev–Trinajstić information content (AvgIpc) is 2.49. The smallest absolute Gasteiger partial charge is 0.375 e. The number of amides is 1. The molecule has 1 aromatic rings. The molecule has 0 aliphatic carbocycles. The van der Waals surface area contributed by atoms with Gasteiger partial charge in [-0.05, 0) is 12.5 Å². The number of anilines is 1. The van der Waals surface area contributed by atoms with Gasteiger partial charge in [0.2, 0.25) is 0 Å². The number of halogens is 3. The first-order chi connectivity index (χ1) is 8.32. The maximum absolute atomic E-state index is 12.9. The van der Waals surface area contributed by atoms with Crippen LogP contribution in [0.3, 0.4) is 0 Å². The lowest BCUT2D eigenvalue weighted by Gasteiger charge is -2.23. The summed E-state index contributed by atoms with van der Waals surface area (Å²) in [6.45, 7) is 1.70. The number of aliphatic hydroxyl groups is 1. The minimum atomic E-state index is -4.83. The summed E-state index contributed by atoms with van der Waals surface area (Å²) in [7, 11) is 0. The Morgan fingerprint density at radius 3 is 2.50 bits per heavy atom. The molecule has 1 aliphatic rings. The topological polar surface area (TPSA) is 40.5 Å². The van der Waals surface area contributed by atoms with Crippen LogP contribution in [-0.4, -0.2) is 17.3 Å². The Morgan fingerprint density at radius 1 is 1.33 bits per heavy atom. The summed E-state index contributed by atoms with van der Waals surface area (Å²) >= 11 is 0. The molecule has 1 unspecified atom stereocenters. The summed E-state index contributed by atoms with van der Waals surface area (Å²) in [5.74, 6) is -1.32. The van der Waals surface area contributed by atoms with Gasteiger partial charge in [0.15, 0.2) is 5.60 Å². The zero-order chi connectivity index (χ0) is 13.6. The van der Waals surface area contributed by atoms with E-state index in [1.165, 1.54) is 24.3 Å². The average molecular weight is 259 g/mol. The summed E-state index contributed by atoms with van der Waals surface area (Å²) < 4.78 is 38.6. The van der Waals surface area contributed by atoms with Gasteiger partial charge in [-0.1, -0.05) is 31.5 Å². The van der Waals surface area contributed by atoms with Crippen LogP contribution < -0.4 is 4.90 Å². The lowest BCUT2D eigenvalue weighted by Crippen LogP contribution is -2.47. The molecule has 0 aromatic heterocycles. The van der Waals surface area contributed by atoms with E-state index in [2.05, 4.69) is 0 Å². The van der Waals surface area contributed by atoms with Gasteiger partial charge in [0, 0.05) is 5.56 Å². The number of para-hydroxylation sites is 1. The second-order valence-corrected chi connectivity index (χ2v) is 4.24. The van der Waals surface area contributed by atoms with Crippen LogP contribution >= 0.6 is 0 Å². The van der Waals surface area contributed by atoms with E-state index in [4.69, 9.17) is 0 Å². The van der Waals surface area contributed by atoms with Crippen LogP contribution in [0.15, 0.2) is 24.3 Å². The Morgan fingerprint density at radius 2 is 1.94 bits per heavy atom. The van der Waals surface area contributed by atoms with Crippen molar-refractivity contribution in [2.45, 2.75) is 31.7 Å². The first-order valence-electron chi connectivity index (χ1n) is 5.55. The number of carbonyl (C=O) groups is 1. The quantitative estimate of drug-likeness (QED) is 0.829. The number of carbonyl (C=O) groups excluding carboxylic acids is 1. The third-order valence-electron chi connectivity index (χ3n) is 3.01. The fourth-order valence-electron chi connectivity index (χ4n) is 2.28. The predicted octanol–water partition coefficient (Wildman–Crippen LogP) is 2.54. The third-order valence-corrected chi connectivity index (χ3v) is 3.01. The molecule has 2 rings (SSSR count). The Bertz CT molecular complexity index is 486. The van der Waals surface area contributed by atoms with Crippen LogP contribution in [0, 0.1) is 0 Å². The Balaban J connectivity index is 2.61. The molecule has 1 aromatic carbocycles. The number of fused-ring (bicyclic) bond motifs is 1. The zero-order valence-electron chi connectivity index (χ0n) is 9.66. The van der Waals surface area contributed by atoms with Crippen molar-refractivity contribution in [1.29, 1.82) is 0 Å². The van der Waals surface area contributed by atoms with Crippen LogP contribution in [0.5, 0.6) is 0 Å². The van der Waals surface area contributed by atoms with Gasteiger partial charge in [0.25, 0.3) is 5.91 Å². The normalized spacial score (nSPS) is 23.4. The molecule has 1 aliphatic heterocycles. The molecule has 1 heterocycles. The molecular formula is C12H12F3NO2. The monoisotopic (exact) mass is 259 g/mol. The SMILES string of the molecule is CCCC1(O)C(=O)N(C(F)(F)F)c2ccccc21. The van der Waals surface area contributed by atoms with Crippen molar-refractivity contribution in [2.24, 2.45) is 0 Å². The Kier molecular flexibility index (Phi) is 2.85. The van der Waals surface area contributed by atoms with E-state index < -0.39 is 17.8 Å². The summed E-state index contributed by atoms with van der Waals surface area (Å²) in [6.07, 6.45) is -4.46. The maximum atomic E-state index is 12.9. The van der Waals surface area contributed by atoms with Gasteiger partial charge in [0.05, 0.1) is 5.69 Å². The highest BCUT2D eigenvalue weighted by Gasteiger charge is 2.57. The molecule has 18 heavy (non-hydrogen) atoms. The van der Waals surface area contributed by atoms with Crippen molar-refractivity contribution in [3.63, 3.8) is 0 Å². The van der Waals surface area contributed by atoms with Crippen molar-refractivity contribution in [3.8, 4) is 0 Å². The van der Waals surface area contributed by atoms with Gasteiger partial charge < -0.3 is 5.11 Å². The summed E-state index contributed by atoms with van der Waals surface area (Å²) in [6, 6.07) is 5.46. The summed E-state index contributed by atoms with van der Waals surface area (Å²) in [4.78, 5) is 11.6. The van der Waals surface area contributed by atoms with E-state index in [0.717, 1.165) is 0 Å². The van der Waals surface area contributed by atoms with Crippen LogP contribution in [0.1, 0.15) is 25.3 Å². The van der Waals surface area contributed by atoms with E-state index in [-0.39, 0.29) is 22.6 Å². The molecule has 3 nitrogen and oxygen atoms in total. The largest absolute Gasteiger partial charge is 0.491 e. The van der Waals surface area contributed by atoms with Crippen LogP contribution in [0.25, 0.3) is 0 Å². The Labute approximate surface area is 102 Å². The molecule has 0 radical (unpaired) electrons. The van der Waals surface area contributed by atoms with E-state index in [1.54, 1.807) is 6.92 Å². The first-order valence-corrected chi connectivity index (χ1v) is 5.55. The number of rotatable bonds is 2. The van der Waals surface area contributed by atoms with Gasteiger partial charge >= 0.3 is 6.30 Å². The number of hydrogen-bond acceptors (Lipinski definition) is 2. The van der Waals surface area contributed by atoms with Gasteiger partial charge in [0.1, 0.15) is 0 Å². The van der Waals surface area contributed by atoms with Crippen molar-refractivity contribution in [1.82, 2.24) is 0 Å². The van der Waals surface area contributed by atoms with Gasteiger partial charge in [-0.25, -0.2) is 4.90 Å². The highest BCUT2D eigenvalue weighted by molar-refractivity contribution is 6.07. The zero-order valence-corrected chi connectivity index (χ0v) is 9.66. The third kappa shape index (κ3) is 1.68. The van der Waals surface area contributed by atoms with E-state index in [1.807, 2.05) is 0 Å². The second-order valence-electron chi connectivity index (χ2n) is 4.24. The fraction of sp³-hybridized carbons (Fsp3) is 0.417. The highest BCUT2D eigenvalue weighted by atomic mass is 19.4. The Hall–Kier alpha value is -1.56. The van der Waals surface area contributed by atoms with Crippen molar-refractivity contribution in [2.75, 3.05) is 4.90 Å². The summed E-state index contributed by atoms with van der Waals surface area (Å²) in [5, 5.41) is 10.3. The predicted molar refractivity (Wildman–Crippen MR) is 58.8 cm³/mol. The van der Waals surface area contributed by atoms with E-state index >= 15 is 0 Å². The van der Waals surface area contributed by atoms with Gasteiger partial charge in [-0.2, -0.15) is 0 Å². The number of benzene rings is 1. The molecule has 1 amide bonds. The molecule has 98 valence electrons. The number of nitrogens with zero attached hydrogens (tertiary/aromatic N) is 1. The molecule has 0 bridgehead atoms. The lowest BCUT2D eigenvalue weighted by atomic mass is 9.91. The van der Waals surface area contributed by atoms with Crippen molar-refractivity contribution in [3.05, 3.63) is 29.8 Å². The standard InChI is InChI=1S/C12H12F3NO2/c1-2-7-11(18)8-5-3-4-6-9(8)16(10(11)17)12(13,14)15/h3-6,18H,2,7H2,1H3. The molecule has 0 spiro atoms. The summed E-state index contributed by atoms with van der Waals surface area (Å²) in [5.41, 5.74) is -2.33. The molecule has 1 N–H and O–H groups in total. The molecule has 1 atom stereocenters. The molecule has 0 fully saturated rings. The van der Waals surface area contributed by atoms with Crippen LogP contribution in [0.2, 0.25) is 0 Å². The molecular weight excluding hydrogens is 247 g/mol. The van der Waals surface area contributed by atoms with E-state index in [0.29, 0.717) is 6.42 Å². The van der Waals surface area contributed by atoms with Crippen LogP contribution in [0.4, 0.5) is 18.9 Å². The maximum Gasteiger partial charge on any atom is 0.491 e. The van der Waals surface area contributed by atoms with Gasteiger partial charge in [-0.15, -0.1) is 13.2 Å². The van der Waals surface area contributed by atoms with Crippen molar-refractivity contribution >= 4 is 11.6 Å². The van der Waals surface area contributed by atoms with Gasteiger partial charge in [-0.3, -0.25) is 4.79 Å². The lowest BCUT2D eigenvalue weighted by molar-refractivity contribution is -0.161. The fourth-order valence-corrected chi connectivity index (χ4v) is 2.28. The first kappa shape index (κ1) is 12.9. The number of alkyl halides is 3. The molecule has 0 saturated heterocycles. The number of hydrogen-bond donors (Lipinski definition) is 1. The highest BCUT2D eigenvalue weighted by Crippen LogP contribution is 2.46. The van der Waals surface area contributed by atoms with E-state index in [9.17, 15) is 23.1 Å². The molecule has 6 heteroatoms.